The normalized spacial score (nSPS) is 10.8. The maximum absolute atomic E-state index is 12.6. The van der Waals surface area contributed by atoms with Crippen molar-refractivity contribution in [3.8, 4) is 5.88 Å². The van der Waals surface area contributed by atoms with Crippen LogP contribution in [0.25, 0.3) is 0 Å². The van der Waals surface area contributed by atoms with Crippen LogP contribution in [-0.4, -0.2) is 61.9 Å². The second-order valence-corrected chi connectivity index (χ2v) is 6.33. The number of nitrogens with one attached hydrogen (secondary N) is 1. The van der Waals surface area contributed by atoms with Crippen molar-refractivity contribution in [2.24, 2.45) is 0 Å². The van der Waals surface area contributed by atoms with Crippen molar-refractivity contribution >= 4 is 23.8 Å². The largest absolute Gasteiger partial charge is 0.467 e. The third-order valence-corrected chi connectivity index (χ3v) is 4.12. The second-order valence-electron chi connectivity index (χ2n) is 6.33. The SMILES string of the molecule is CCCCc1onc(OCC(=O)OCC)c1CC(NC(C)=O)(C(=O)OC)C(=O)OC. The molecule has 1 aromatic heterocycles. The number of ether oxygens (including phenoxy) is 4. The molecule has 168 valence electrons. The smallest absolute Gasteiger partial charge is 0.344 e. The molecule has 0 aliphatic carbocycles. The number of nitrogens with zero attached hydrogens (tertiary/aromatic N) is 1. The van der Waals surface area contributed by atoms with Crippen LogP contribution in [0, 0.1) is 0 Å². The molecule has 1 N–H and O–H groups in total. The Kier molecular flexibility index (Phi) is 9.79. The van der Waals surface area contributed by atoms with Gasteiger partial charge in [0.1, 0.15) is 5.76 Å². The van der Waals surface area contributed by atoms with E-state index >= 15 is 0 Å². The van der Waals surface area contributed by atoms with Crippen molar-refractivity contribution in [1.29, 1.82) is 0 Å². The van der Waals surface area contributed by atoms with Crippen LogP contribution in [0.15, 0.2) is 4.52 Å². The summed E-state index contributed by atoms with van der Waals surface area (Å²) in [6.07, 6.45) is 1.58. The van der Waals surface area contributed by atoms with Gasteiger partial charge in [0.05, 0.1) is 26.4 Å². The van der Waals surface area contributed by atoms with Crippen molar-refractivity contribution in [2.45, 2.75) is 52.0 Å². The fourth-order valence-corrected chi connectivity index (χ4v) is 2.77. The lowest BCUT2D eigenvalue weighted by Gasteiger charge is -2.28. The highest BCUT2D eigenvalue weighted by Crippen LogP contribution is 2.29. The summed E-state index contributed by atoms with van der Waals surface area (Å²) in [5.74, 6) is -3.12. The molecule has 0 bridgehead atoms. The number of unbranched alkanes of at least 4 members (excludes halogenated alkanes) is 1. The van der Waals surface area contributed by atoms with E-state index in [0.717, 1.165) is 34.0 Å². The summed E-state index contributed by atoms with van der Waals surface area (Å²) in [7, 11) is 2.15. The molecule has 0 saturated carbocycles. The molecular weight excluding hydrogens is 400 g/mol. The predicted molar refractivity (Wildman–Crippen MR) is 102 cm³/mol. The molecule has 0 aromatic carbocycles. The Morgan fingerprint density at radius 1 is 1.10 bits per heavy atom. The molecular formula is C19H28N2O9. The van der Waals surface area contributed by atoms with Gasteiger partial charge in [-0.05, 0) is 18.5 Å². The van der Waals surface area contributed by atoms with Crippen LogP contribution >= 0.6 is 0 Å². The van der Waals surface area contributed by atoms with Gasteiger partial charge in [0.2, 0.25) is 11.4 Å². The Bertz CT molecular complexity index is 741. The van der Waals surface area contributed by atoms with Gasteiger partial charge in [-0.3, -0.25) is 4.79 Å². The van der Waals surface area contributed by atoms with E-state index < -0.39 is 42.4 Å². The molecule has 1 heterocycles. The summed E-state index contributed by atoms with van der Waals surface area (Å²) in [5.41, 5.74) is -1.96. The number of rotatable bonds is 12. The minimum absolute atomic E-state index is 0.100. The quantitative estimate of drug-likeness (QED) is 0.287. The van der Waals surface area contributed by atoms with Crippen LogP contribution in [0.5, 0.6) is 5.88 Å². The lowest BCUT2D eigenvalue weighted by molar-refractivity contribution is -0.165. The van der Waals surface area contributed by atoms with E-state index in [9.17, 15) is 19.2 Å². The monoisotopic (exact) mass is 428 g/mol. The van der Waals surface area contributed by atoms with Gasteiger partial charge in [0, 0.05) is 19.8 Å². The standard InChI is InChI=1S/C19H28N2O9/c1-6-8-9-14-13(16(21-30-14)29-11-15(23)28-7-2)10-19(17(24)26-4,18(25)27-5)20-12(3)22/h6-11H2,1-5H3,(H,20,22). The summed E-state index contributed by atoms with van der Waals surface area (Å²) in [5, 5.41) is 6.14. The molecule has 1 rings (SSSR count). The molecule has 0 spiro atoms. The average Bonchev–Trinajstić information content (AvgIpc) is 3.09. The topological polar surface area (TPSA) is 143 Å². The van der Waals surface area contributed by atoms with E-state index in [-0.39, 0.29) is 18.1 Å². The Morgan fingerprint density at radius 3 is 2.23 bits per heavy atom. The van der Waals surface area contributed by atoms with Gasteiger partial charge >= 0.3 is 17.9 Å². The Morgan fingerprint density at radius 2 is 1.73 bits per heavy atom. The number of aromatic nitrogens is 1. The number of aryl methyl sites for hydroxylation is 1. The summed E-state index contributed by atoms with van der Waals surface area (Å²) >= 11 is 0. The summed E-state index contributed by atoms with van der Waals surface area (Å²) in [4.78, 5) is 48.6. The molecule has 30 heavy (non-hydrogen) atoms. The second kappa shape index (κ2) is 11.8. The highest BCUT2D eigenvalue weighted by Gasteiger charge is 2.51. The number of carbonyl (C=O) groups excluding carboxylic acids is 4. The first-order chi connectivity index (χ1) is 14.2. The van der Waals surface area contributed by atoms with Crippen LogP contribution in [0.4, 0.5) is 0 Å². The maximum atomic E-state index is 12.6. The van der Waals surface area contributed by atoms with Gasteiger partial charge in [-0.25, -0.2) is 14.4 Å². The predicted octanol–water partition coefficient (Wildman–Crippen LogP) is 0.723. The fourth-order valence-electron chi connectivity index (χ4n) is 2.77. The Labute approximate surface area is 174 Å². The van der Waals surface area contributed by atoms with E-state index in [1.165, 1.54) is 0 Å². The number of carbonyl (C=O) groups is 4. The third kappa shape index (κ3) is 6.19. The molecule has 1 amide bonds. The van der Waals surface area contributed by atoms with Crippen molar-refractivity contribution in [1.82, 2.24) is 10.5 Å². The lowest BCUT2D eigenvalue weighted by Crippen LogP contribution is -2.62. The first-order valence-electron chi connectivity index (χ1n) is 9.47. The number of methoxy groups -OCH3 is 2. The van der Waals surface area contributed by atoms with Crippen molar-refractivity contribution in [2.75, 3.05) is 27.4 Å². The highest BCUT2D eigenvalue weighted by molar-refractivity contribution is 6.08. The van der Waals surface area contributed by atoms with Gasteiger partial charge in [0.15, 0.2) is 6.61 Å². The van der Waals surface area contributed by atoms with E-state index in [2.05, 4.69) is 10.5 Å². The molecule has 0 fully saturated rings. The first-order valence-corrected chi connectivity index (χ1v) is 9.47. The van der Waals surface area contributed by atoms with Crippen LogP contribution in [0.1, 0.15) is 44.9 Å². The van der Waals surface area contributed by atoms with Crippen LogP contribution in [0.2, 0.25) is 0 Å². The zero-order valence-corrected chi connectivity index (χ0v) is 17.9. The number of hydrogen-bond donors (Lipinski definition) is 1. The summed E-state index contributed by atoms with van der Waals surface area (Å²) in [6.45, 7) is 4.48. The molecule has 11 heteroatoms. The molecule has 0 saturated heterocycles. The number of esters is 3. The number of hydrogen-bond acceptors (Lipinski definition) is 10. The van der Waals surface area contributed by atoms with E-state index in [4.69, 9.17) is 23.5 Å². The zero-order valence-electron chi connectivity index (χ0n) is 17.9. The maximum Gasteiger partial charge on any atom is 0.344 e. The first kappa shape index (κ1) is 24.9. The van der Waals surface area contributed by atoms with Gasteiger partial charge in [-0.2, -0.15) is 0 Å². The summed E-state index contributed by atoms with van der Waals surface area (Å²) in [6, 6.07) is 0. The Balaban J connectivity index is 3.40. The van der Waals surface area contributed by atoms with Gasteiger partial charge < -0.3 is 28.8 Å². The van der Waals surface area contributed by atoms with Crippen LogP contribution in [0.3, 0.4) is 0 Å². The molecule has 1 aromatic rings. The molecule has 0 radical (unpaired) electrons. The van der Waals surface area contributed by atoms with Gasteiger partial charge in [-0.1, -0.05) is 13.3 Å². The minimum atomic E-state index is -2.19. The van der Waals surface area contributed by atoms with E-state index in [1.54, 1.807) is 6.92 Å². The van der Waals surface area contributed by atoms with Crippen molar-refractivity contribution in [3.05, 3.63) is 11.3 Å². The highest BCUT2D eigenvalue weighted by atomic mass is 16.6. The van der Waals surface area contributed by atoms with Crippen molar-refractivity contribution in [3.63, 3.8) is 0 Å². The summed E-state index contributed by atoms with van der Waals surface area (Å²) < 4.78 is 25.0. The third-order valence-electron chi connectivity index (χ3n) is 4.12. The Hall–Kier alpha value is -3.11. The van der Waals surface area contributed by atoms with E-state index in [1.807, 2.05) is 6.92 Å². The minimum Gasteiger partial charge on any atom is -0.467 e. The van der Waals surface area contributed by atoms with Crippen LogP contribution < -0.4 is 10.1 Å². The molecule has 0 atom stereocenters. The van der Waals surface area contributed by atoms with E-state index in [0.29, 0.717) is 12.2 Å². The zero-order chi connectivity index (χ0) is 22.7. The fraction of sp³-hybridized carbons (Fsp3) is 0.632. The molecule has 0 aliphatic heterocycles. The average molecular weight is 428 g/mol. The van der Waals surface area contributed by atoms with Gasteiger partial charge in [-0.15, -0.1) is 0 Å². The van der Waals surface area contributed by atoms with Gasteiger partial charge in [0.25, 0.3) is 5.88 Å². The number of amides is 1. The van der Waals surface area contributed by atoms with Crippen molar-refractivity contribution < 1.29 is 42.6 Å². The van der Waals surface area contributed by atoms with Crippen LogP contribution in [-0.2, 0) is 46.2 Å². The lowest BCUT2D eigenvalue weighted by atomic mass is 9.89. The molecule has 0 unspecified atom stereocenters. The molecule has 11 nitrogen and oxygen atoms in total. The molecule has 0 aliphatic rings.